The summed E-state index contributed by atoms with van der Waals surface area (Å²) in [7, 11) is 0. The summed E-state index contributed by atoms with van der Waals surface area (Å²) in [5.41, 5.74) is 7.38. The molecule has 0 aliphatic heterocycles. The molecule has 0 aliphatic rings. The third-order valence-electron chi connectivity index (χ3n) is 2.85. The minimum absolute atomic E-state index is 0.111. The summed E-state index contributed by atoms with van der Waals surface area (Å²) in [6, 6.07) is 7.79. The molecule has 4 nitrogen and oxygen atoms in total. The van der Waals surface area contributed by atoms with Crippen LogP contribution in [0.5, 0.6) is 0 Å². The predicted molar refractivity (Wildman–Crippen MR) is 68.7 cm³/mol. The van der Waals surface area contributed by atoms with E-state index in [-0.39, 0.29) is 11.8 Å². The summed E-state index contributed by atoms with van der Waals surface area (Å²) in [4.78, 5) is 19.2. The van der Waals surface area contributed by atoms with Crippen LogP contribution in [0.25, 0.3) is 0 Å². The molecule has 2 aromatic rings. The molecular formula is C14H15N3O. The second-order valence-electron chi connectivity index (χ2n) is 4.13. The highest BCUT2D eigenvalue weighted by atomic mass is 16.1. The first-order chi connectivity index (χ1) is 8.77. The largest absolute Gasteiger partial charge is 0.370 e. The summed E-state index contributed by atoms with van der Waals surface area (Å²) >= 11 is 0. The van der Waals surface area contributed by atoms with E-state index in [0.29, 0.717) is 12.8 Å². The fourth-order valence-electron chi connectivity index (χ4n) is 1.98. The van der Waals surface area contributed by atoms with Gasteiger partial charge in [0.15, 0.2) is 0 Å². The number of hydrogen-bond donors (Lipinski definition) is 1. The molecule has 0 aliphatic carbocycles. The Bertz CT molecular complexity index is 459. The maximum Gasteiger partial charge on any atom is 0.217 e. The Kier molecular flexibility index (Phi) is 4.02. The quantitative estimate of drug-likeness (QED) is 0.868. The van der Waals surface area contributed by atoms with E-state index in [9.17, 15) is 4.79 Å². The fourth-order valence-corrected chi connectivity index (χ4v) is 1.98. The van der Waals surface area contributed by atoms with Crippen molar-refractivity contribution in [2.75, 3.05) is 0 Å². The number of hydrogen-bond acceptors (Lipinski definition) is 3. The molecule has 0 atom stereocenters. The lowest BCUT2D eigenvalue weighted by atomic mass is 9.89. The molecular weight excluding hydrogens is 226 g/mol. The number of nitrogens with two attached hydrogens (primary N) is 1. The lowest BCUT2D eigenvalue weighted by Crippen LogP contribution is -2.13. The van der Waals surface area contributed by atoms with Crippen molar-refractivity contribution in [1.29, 1.82) is 0 Å². The van der Waals surface area contributed by atoms with E-state index in [1.165, 1.54) is 0 Å². The van der Waals surface area contributed by atoms with E-state index in [1.54, 1.807) is 12.4 Å². The van der Waals surface area contributed by atoms with Gasteiger partial charge in [0.1, 0.15) is 0 Å². The van der Waals surface area contributed by atoms with E-state index in [4.69, 9.17) is 5.73 Å². The molecule has 0 unspecified atom stereocenters. The normalized spacial score (nSPS) is 10.5. The van der Waals surface area contributed by atoms with Crippen molar-refractivity contribution in [3.05, 3.63) is 60.2 Å². The second kappa shape index (κ2) is 5.91. The van der Waals surface area contributed by atoms with Gasteiger partial charge in [-0.2, -0.15) is 0 Å². The van der Waals surface area contributed by atoms with E-state index in [0.717, 1.165) is 11.1 Å². The van der Waals surface area contributed by atoms with Crippen LogP contribution in [0, 0.1) is 0 Å². The molecule has 18 heavy (non-hydrogen) atoms. The van der Waals surface area contributed by atoms with Crippen LogP contribution in [-0.4, -0.2) is 15.9 Å². The molecule has 0 saturated heterocycles. The molecule has 2 rings (SSSR count). The van der Waals surface area contributed by atoms with Gasteiger partial charge in [-0.05, 0) is 29.7 Å². The Morgan fingerprint density at radius 2 is 1.67 bits per heavy atom. The van der Waals surface area contributed by atoms with E-state index in [2.05, 4.69) is 9.97 Å². The van der Waals surface area contributed by atoms with E-state index < -0.39 is 0 Å². The molecule has 4 heteroatoms. The lowest BCUT2D eigenvalue weighted by molar-refractivity contribution is -0.118. The zero-order valence-electron chi connectivity index (χ0n) is 9.99. The van der Waals surface area contributed by atoms with Crippen LogP contribution in [0.15, 0.2) is 49.1 Å². The van der Waals surface area contributed by atoms with Crippen LogP contribution >= 0.6 is 0 Å². The zero-order valence-corrected chi connectivity index (χ0v) is 9.99. The maximum absolute atomic E-state index is 11.0. The highest BCUT2D eigenvalue weighted by Crippen LogP contribution is 2.27. The molecule has 0 spiro atoms. The van der Waals surface area contributed by atoms with Gasteiger partial charge < -0.3 is 5.73 Å². The van der Waals surface area contributed by atoms with Crippen molar-refractivity contribution in [1.82, 2.24) is 9.97 Å². The van der Waals surface area contributed by atoms with Gasteiger partial charge in [-0.15, -0.1) is 0 Å². The molecule has 1 amide bonds. The predicted octanol–water partition coefficient (Wildman–Crippen LogP) is 1.87. The van der Waals surface area contributed by atoms with Crippen LogP contribution in [-0.2, 0) is 4.79 Å². The van der Waals surface area contributed by atoms with Crippen LogP contribution < -0.4 is 5.73 Å². The second-order valence-corrected chi connectivity index (χ2v) is 4.13. The molecule has 92 valence electrons. The van der Waals surface area contributed by atoms with Gasteiger partial charge in [0.2, 0.25) is 5.91 Å². The van der Waals surface area contributed by atoms with Gasteiger partial charge in [0.05, 0.1) is 0 Å². The molecule has 2 heterocycles. The van der Waals surface area contributed by atoms with Gasteiger partial charge in [-0.3, -0.25) is 14.8 Å². The number of amides is 1. The number of primary amides is 1. The van der Waals surface area contributed by atoms with E-state index in [1.807, 2.05) is 36.7 Å². The van der Waals surface area contributed by atoms with Gasteiger partial charge in [-0.1, -0.05) is 12.1 Å². The SMILES string of the molecule is NC(=O)CCC(c1cccnc1)c1cccnc1. The molecule has 0 bridgehead atoms. The highest BCUT2D eigenvalue weighted by Gasteiger charge is 2.15. The van der Waals surface area contributed by atoms with Crippen molar-refractivity contribution < 1.29 is 4.79 Å². The lowest BCUT2D eigenvalue weighted by Gasteiger charge is -2.16. The Labute approximate surface area is 106 Å². The van der Waals surface area contributed by atoms with Crippen LogP contribution in [0.3, 0.4) is 0 Å². The number of nitrogens with zero attached hydrogens (tertiary/aromatic N) is 2. The Morgan fingerprint density at radius 3 is 2.06 bits per heavy atom. The summed E-state index contributed by atoms with van der Waals surface area (Å²) in [5, 5.41) is 0. The monoisotopic (exact) mass is 241 g/mol. The standard InChI is InChI=1S/C14H15N3O/c15-14(18)6-5-13(11-3-1-7-16-9-11)12-4-2-8-17-10-12/h1-4,7-10,13H,5-6H2,(H2,15,18). The van der Waals surface area contributed by atoms with Crippen molar-refractivity contribution in [3.8, 4) is 0 Å². The summed E-state index contributed by atoms with van der Waals surface area (Å²) in [6.45, 7) is 0. The average molecular weight is 241 g/mol. The molecule has 0 aromatic carbocycles. The summed E-state index contributed by atoms with van der Waals surface area (Å²) < 4.78 is 0. The molecule has 0 fully saturated rings. The first-order valence-corrected chi connectivity index (χ1v) is 5.85. The third-order valence-corrected chi connectivity index (χ3v) is 2.85. The zero-order chi connectivity index (χ0) is 12.8. The van der Waals surface area contributed by atoms with Gasteiger partial charge in [-0.25, -0.2) is 0 Å². The number of pyridine rings is 2. The van der Waals surface area contributed by atoms with Crippen molar-refractivity contribution in [3.63, 3.8) is 0 Å². The van der Waals surface area contributed by atoms with Gasteiger partial charge in [0.25, 0.3) is 0 Å². The number of aromatic nitrogens is 2. The van der Waals surface area contributed by atoms with Crippen molar-refractivity contribution >= 4 is 5.91 Å². The van der Waals surface area contributed by atoms with Crippen LogP contribution in [0.4, 0.5) is 0 Å². The first kappa shape index (κ1) is 12.2. The Balaban J connectivity index is 2.26. The Hall–Kier alpha value is -2.23. The average Bonchev–Trinajstić information content (AvgIpc) is 2.41. The highest BCUT2D eigenvalue weighted by molar-refractivity contribution is 5.73. The first-order valence-electron chi connectivity index (χ1n) is 5.85. The molecule has 0 radical (unpaired) electrons. The topological polar surface area (TPSA) is 68.9 Å². The summed E-state index contributed by atoms with van der Waals surface area (Å²) in [6.07, 6.45) is 8.13. The summed E-state index contributed by atoms with van der Waals surface area (Å²) in [5.74, 6) is -0.173. The molecule has 0 saturated carbocycles. The van der Waals surface area contributed by atoms with Crippen molar-refractivity contribution in [2.24, 2.45) is 5.73 Å². The van der Waals surface area contributed by atoms with E-state index >= 15 is 0 Å². The minimum Gasteiger partial charge on any atom is -0.370 e. The number of rotatable bonds is 5. The van der Waals surface area contributed by atoms with Crippen molar-refractivity contribution in [2.45, 2.75) is 18.8 Å². The van der Waals surface area contributed by atoms with Crippen LogP contribution in [0.2, 0.25) is 0 Å². The molecule has 2 aromatic heterocycles. The minimum atomic E-state index is -0.284. The molecule has 2 N–H and O–H groups in total. The van der Waals surface area contributed by atoms with Gasteiger partial charge >= 0.3 is 0 Å². The number of carbonyl (C=O) groups excluding carboxylic acids is 1. The van der Waals surface area contributed by atoms with Crippen LogP contribution in [0.1, 0.15) is 29.9 Å². The Morgan fingerprint density at radius 1 is 1.11 bits per heavy atom. The number of carbonyl (C=O) groups is 1. The maximum atomic E-state index is 11.0. The fraction of sp³-hybridized carbons (Fsp3) is 0.214. The smallest absolute Gasteiger partial charge is 0.217 e. The van der Waals surface area contributed by atoms with Gasteiger partial charge in [0, 0.05) is 37.1 Å². The third kappa shape index (κ3) is 3.13.